The molecule has 0 saturated heterocycles. The largest absolute Gasteiger partial charge is 0.396 e. The fourth-order valence-corrected chi connectivity index (χ4v) is 1.87. The molecule has 0 aliphatic rings. The van der Waals surface area contributed by atoms with Gasteiger partial charge in [-0.2, -0.15) is 0 Å². The van der Waals surface area contributed by atoms with Crippen LogP contribution in [-0.4, -0.2) is 69.3 Å². The van der Waals surface area contributed by atoms with E-state index in [1.807, 2.05) is 0 Å². The Balaban J connectivity index is 0. The molecule has 0 aromatic heterocycles. The fourth-order valence-electron chi connectivity index (χ4n) is 1.87. The van der Waals surface area contributed by atoms with Crippen molar-refractivity contribution in [2.45, 2.75) is 76.4 Å². The Morgan fingerprint density at radius 3 is 1.05 bits per heavy atom. The van der Waals surface area contributed by atoms with Gasteiger partial charge in [-0.1, -0.05) is 38.5 Å². The van der Waals surface area contributed by atoms with E-state index in [0.29, 0.717) is 12.8 Å². The zero-order chi connectivity index (χ0) is 17.1. The Bertz CT molecular complexity index is 171. The summed E-state index contributed by atoms with van der Waals surface area (Å²) in [5.74, 6) is 0. The Hall–Kier alpha value is -0.240. The predicted octanol–water partition coefficient (Wildman–Crippen LogP) is 0.565. The van der Waals surface area contributed by atoms with Gasteiger partial charge in [-0.3, -0.25) is 0 Å². The molecule has 22 heavy (non-hydrogen) atoms. The monoisotopic (exact) mass is 324 g/mol. The Kier molecular flexibility index (Phi) is 22.7. The van der Waals surface area contributed by atoms with E-state index in [-0.39, 0.29) is 26.4 Å². The third-order valence-electron chi connectivity index (χ3n) is 3.31. The molecule has 0 rings (SSSR count). The third-order valence-corrected chi connectivity index (χ3v) is 3.31. The summed E-state index contributed by atoms with van der Waals surface area (Å²) in [5.41, 5.74) is 0. The van der Waals surface area contributed by atoms with E-state index in [4.69, 9.17) is 30.6 Å². The quantitative estimate of drug-likeness (QED) is 0.260. The molecule has 0 radical (unpaired) electrons. The Morgan fingerprint density at radius 2 is 0.773 bits per heavy atom. The van der Waals surface area contributed by atoms with Gasteiger partial charge in [0.2, 0.25) is 0 Å². The van der Waals surface area contributed by atoms with Crippen LogP contribution in [-0.2, 0) is 0 Å². The van der Waals surface area contributed by atoms with Crippen LogP contribution >= 0.6 is 0 Å². The van der Waals surface area contributed by atoms with Gasteiger partial charge in [-0.05, 0) is 25.7 Å². The average Bonchev–Trinajstić information content (AvgIpc) is 2.54. The summed E-state index contributed by atoms with van der Waals surface area (Å²) in [6.45, 7) is 0.227. The SMILES string of the molecule is OCCCCCCC(O)CO.OCCCCCCC(O)CO. The number of aliphatic hydroxyl groups excluding tert-OH is 6. The highest BCUT2D eigenvalue weighted by Gasteiger charge is 2.00. The average molecular weight is 324 g/mol. The molecule has 2 unspecified atom stereocenters. The number of aliphatic hydroxyl groups is 6. The van der Waals surface area contributed by atoms with Crippen molar-refractivity contribution in [1.29, 1.82) is 0 Å². The van der Waals surface area contributed by atoms with Gasteiger partial charge < -0.3 is 30.6 Å². The van der Waals surface area contributed by atoms with Crippen LogP contribution in [0.1, 0.15) is 64.2 Å². The molecule has 136 valence electrons. The summed E-state index contributed by atoms with van der Waals surface area (Å²) in [5, 5.41) is 51.6. The van der Waals surface area contributed by atoms with E-state index in [9.17, 15) is 0 Å². The van der Waals surface area contributed by atoms with Gasteiger partial charge in [0.15, 0.2) is 0 Å². The second-order valence-corrected chi connectivity index (χ2v) is 5.53. The van der Waals surface area contributed by atoms with Gasteiger partial charge >= 0.3 is 0 Å². The van der Waals surface area contributed by atoms with Crippen LogP contribution in [0.25, 0.3) is 0 Å². The molecule has 0 aromatic carbocycles. The first-order valence-corrected chi connectivity index (χ1v) is 8.41. The third kappa shape index (κ3) is 22.0. The van der Waals surface area contributed by atoms with Crippen molar-refractivity contribution in [2.24, 2.45) is 0 Å². The maximum absolute atomic E-state index is 8.92. The molecule has 0 saturated carbocycles. The Morgan fingerprint density at radius 1 is 0.455 bits per heavy atom. The molecule has 0 bridgehead atoms. The highest BCUT2D eigenvalue weighted by atomic mass is 16.3. The maximum Gasteiger partial charge on any atom is 0.0770 e. The van der Waals surface area contributed by atoms with Crippen molar-refractivity contribution in [3.8, 4) is 0 Å². The highest BCUT2D eigenvalue weighted by Crippen LogP contribution is 2.05. The molecule has 0 fully saturated rings. The summed E-state index contributed by atoms with van der Waals surface area (Å²) in [6.07, 6.45) is 7.85. The van der Waals surface area contributed by atoms with E-state index in [1.54, 1.807) is 0 Å². The molecular formula is C16H36O6. The van der Waals surface area contributed by atoms with Gasteiger partial charge in [0.05, 0.1) is 25.4 Å². The lowest BCUT2D eigenvalue weighted by atomic mass is 10.1. The summed E-state index contributed by atoms with van der Waals surface area (Å²) >= 11 is 0. The van der Waals surface area contributed by atoms with Crippen molar-refractivity contribution in [3.05, 3.63) is 0 Å². The van der Waals surface area contributed by atoms with Gasteiger partial charge in [-0.15, -0.1) is 0 Å². The topological polar surface area (TPSA) is 121 Å². The van der Waals surface area contributed by atoms with Gasteiger partial charge in [-0.25, -0.2) is 0 Å². The number of rotatable bonds is 14. The van der Waals surface area contributed by atoms with E-state index in [2.05, 4.69) is 0 Å². The van der Waals surface area contributed by atoms with Crippen molar-refractivity contribution in [1.82, 2.24) is 0 Å². The standard InChI is InChI=1S/2C8H18O3/c2*9-6-4-2-1-3-5-8(11)7-10/h2*8-11H,1-7H2. The van der Waals surface area contributed by atoms with E-state index in [1.165, 1.54) is 0 Å². The first-order valence-electron chi connectivity index (χ1n) is 8.41. The van der Waals surface area contributed by atoms with Crippen molar-refractivity contribution >= 4 is 0 Å². The number of unbranched alkanes of at least 4 members (excludes halogenated alkanes) is 6. The summed E-state index contributed by atoms with van der Waals surface area (Å²) in [6, 6.07) is 0. The molecule has 6 heteroatoms. The minimum Gasteiger partial charge on any atom is -0.396 e. The van der Waals surface area contributed by atoms with E-state index >= 15 is 0 Å². The Labute approximate surface area is 134 Å². The predicted molar refractivity (Wildman–Crippen MR) is 86.5 cm³/mol. The summed E-state index contributed by atoms with van der Waals surface area (Å²) in [4.78, 5) is 0. The smallest absolute Gasteiger partial charge is 0.0770 e. The van der Waals surface area contributed by atoms with Crippen LogP contribution in [0.5, 0.6) is 0 Å². The normalized spacial score (nSPS) is 13.4. The fraction of sp³-hybridized carbons (Fsp3) is 1.00. The van der Waals surface area contributed by atoms with Gasteiger partial charge in [0.25, 0.3) is 0 Å². The van der Waals surface area contributed by atoms with E-state index in [0.717, 1.165) is 51.4 Å². The second kappa shape index (κ2) is 20.8. The molecular weight excluding hydrogens is 288 g/mol. The van der Waals surface area contributed by atoms with Crippen LogP contribution in [0, 0.1) is 0 Å². The second-order valence-electron chi connectivity index (χ2n) is 5.53. The minimum atomic E-state index is -0.552. The molecule has 0 aromatic rings. The zero-order valence-corrected chi connectivity index (χ0v) is 13.7. The molecule has 0 aliphatic heterocycles. The number of hydrogen-bond donors (Lipinski definition) is 6. The molecule has 6 N–H and O–H groups in total. The van der Waals surface area contributed by atoms with Crippen molar-refractivity contribution in [3.63, 3.8) is 0 Å². The zero-order valence-electron chi connectivity index (χ0n) is 13.7. The summed E-state index contributed by atoms with van der Waals surface area (Å²) < 4.78 is 0. The molecule has 0 heterocycles. The maximum atomic E-state index is 8.92. The van der Waals surface area contributed by atoms with Crippen LogP contribution in [0.3, 0.4) is 0 Å². The van der Waals surface area contributed by atoms with Gasteiger partial charge in [0.1, 0.15) is 0 Å². The van der Waals surface area contributed by atoms with Crippen LogP contribution in [0.4, 0.5) is 0 Å². The minimum absolute atomic E-state index is 0.139. The molecule has 6 nitrogen and oxygen atoms in total. The molecule has 0 spiro atoms. The van der Waals surface area contributed by atoms with Crippen LogP contribution < -0.4 is 0 Å². The first-order chi connectivity index (χ1) is 10.6. The van der Waals surface area contributed by atoms with Crippen LogP contribution in [0.15, 0.2) is 0 Å². The van der Waals surface area contributed by atoms with Gasteiger partial charge in [0, 0.05) is 13.2 Å². The number of hydrogen-bond acceptors (Lipinski definition) is 6. The summed E-state index contributed by atoms with van der Waals surface area (Å²) in [7, 11) is 0. The highest BCUT2D eigenvalue weighted by molar-refractivity contribution is 4.53. The van der Waals surface area contributed by atoms with Crippen molar-refractivity contribution < 1.29 is 30.6 Å². The lowest BCUT2D eigenvalue weighted by Crippen LogP contribution is -2.10. The van der Waals surface area contributed by atoms with E-state index < -0.39 is 12.2 Å². The first kappa shape index (κ1) is 24.0. The lowest BCUT2D eigenvalue weighted by molar-refractivity contribution is 0.0858. The lowest BCUT2D eigenvalue weighted by Gasteiger charge is -2.05. The molecule has 0 aliphatic carbocycles. The molecule has 0 amide bonds. The van der Waals surface area contributed by atoms with Crippen LogP contribution in [0.2, 0.25) is 0 Å². The van der Waals surface area contributed by atoms with Crippen molar-refractivity contribution in [2.75, 3.05) is 26.4 Å². The molecule has 2 atom stereocenters.